The van der Waals surface area contributed by atoms with Gasteiger partial charge in [0.05, 0.1) is 6.61 Å². The summed E-state index contributed by atoms with van der Waals surface area (Å²) in [4.78, 5) is 0. The zero-order chi connectivity index (χ0) is 19.9. The lowest BCUT2D eigenvalue weighted by atomic mass is 10.1. The van der Waals surface area contributed by atoms with E-state index in [9.17, 15) is 5.11 Å². The number of anilines is 1. The molecule has 0 aliphatic heterocycles. The lowest BCUT2D eigenvalue weighted by Gasteiger charge is -2.16. The number of nitrogens with one attached hydrogen (secondary N) is 1. The Morgan fingerprint density at radius 3 is 2.29 bits per heavy atom. The molecule has 3 aromatic carbocycles. The zero-order valence-corrected chi connectivity index (χ0v) is 17.6. The van der Waals surface area contributed by atoms with E-state index in [2.05, 4.69) is 52.4 Å². The molecule has 0 amide bonds. The van der Waals surface area contributed by atoms with E-state index < -0.39 is 0 Å². The predicted molar refractivity (Wildman–Crippen MR) is 116 cm³/mol. The molecule has 28 heavy (non-hydrogen) atoms. The molecular weight excluding hydrogens is 418 g/mol. The highest BCUT2D eigenvalue weighted by atomic mass is 79.9. The number of halogens is 1. The van der Waals surface area contributed by atoms with Crippen molar-refractivity contribution >= 4 is 21.6 Å². The summed E-state index contributed by atoms with van der Waals surface area (Å²) < 4.78 is 12.8. The van der Waals surface area contributed by atoms with Gasteiger partial charge >= 0.3 is 0 Å². The van der Waals surface area contributed by atoms with Crippen LogP contribution in [0.4, 0.5) is 5.69 Å². The van der Waals surface area contributed by atoms with E-state index in [-0.39, 0.29) is 5.75 Å². The van der Waals surface area contributed by atoms with E-state index >= 15 is 0 Å². The second-order valence-electron chi connectivity index (χ2n) is 6.50. The highest BCUT2D eigenvalue weighted by molar-refractivity contribution is 9.10. The lowest BCUT2D eigenvalue weighted by Crippen LogP contribution is -2.04. The van der Waals surface area contributed by atoms with Crippen molar-refractivity contribution in [1.82, 2.24) is 0 Å². The smallest absolute Gasteiger partial charge is 0.162 e. The maximum atomic E-state index is 9.39. The van der Waals surface area contributed by atoms with Crippen LogP contribution >= 0.6 is 15.9 Å². The highest BCUT2D eigenvalue weighted by Gasteiger charge is 2.11. The fraction of sp³-hybridized carbons (Fsp3) is 0.217. The Balaban J connectivity index is 1.72. The first kappa shape index (κ1) is 20.1. The lowest BCUT2D eigenvalue weighted by molar-refractivity contribution is 0.269. The van der Waals surface area contributed by atoms with Crippen LogP contribution in [0.25, 0.3) is 0 Å². The maximum absolute atomic E-state index is 9.39. The van der Waals surface area contributed by atoms with Gasteiger partial charge in [-0.05, 0) is 61.4 Å². The van der Waals surface area contributed by atoms with Crippen LogP contribution in [0, 0.1) is 6.92 Å². The number of aryl methyl sites for hydroxylation is 1. The van der Waals surface area contributed by atoms with Gasteiger partial charge in [-0.15, -0.1) is 0 Å². The summed E-state index contributed by atoms with van der Waals surface area (Å²) >= 11 is 3.64. The van der Waals surface area contributed by atoms with Crippen molar-refractivity contribution in [2.75, 3.05) is 11.9 Å². The van der Waals surface area contributed by atoms with Crippen LogP contribution in [-0.4, -0.2) is 11.7 Å². The Morgan fingerprint density at radius 2 is 1.61 bits per heavy atom. The molecule has 0 aliphatic carbocycles. The number of aromatic hydroxyl groups is 1. The Bertz CT molecular complexity index is 908. The van der Waals surface area contributed by atoms with Gasteiger partial charge in [0, 0.05) is 16.7 Å². The second-order valence-corrected chi connectivity index (χ2v) is 7.35. The summed E-state index contributed by atoms with van der Waals surface area (Å²) in [6, 6.07) is 19.2. The highest BCUT2D eigenvalue weighted by Crippen LogP contribution is 2.35. The molecule has 0 aliphatic rings. The number of phenolic OH excluding ortho intramolecular Hbond substituents is 1. The molecule has 0 unspecified atom stereocenters. The van der Waals surface area contributed by atoms with E-state index in [0.29, 0.717) is 25.5 Å². The molecule has 3 rings (SSSR count). The number of benzene rings is 3. The fourth-order valence-corrected chi connectivity index (χ4v) is 3.18. The Labute approximate surface area is 174 Å². The van der Waals surface area contributed by atoms with Crippen LogP contribution in [-0.2, 0) is 13.2 Å². The van der Waals surface area contributed by atoms with Crippen LogP contribution in [0.1, 0.15) is 23.6 Å². The molecule has 0 saturated heterocycles. The van der Waals surface area contributed by atoms with Crippen molar-refractivity contribution in [1.29, 1.82) is 0 Å². The van der Waals surface area contributed by atoms with Crippen LogP contribution in [0.3, 0.4) is 0 Å². The molecule has 0 fully saturated rings. The van der Waals surface area contributed by atoms with Crippen LogP contribution in [0.5, 0.6) is 17.2 Å². The second kappa shape index (κ2) is 9.51. The number of phenols is 1. The van der Waals surface area contributed by atoms with Gasteiger partial charge in [-0.25, -0.2) is 0 Å². The molecule has 5 heteroatoms. The number of ether oxygens (including phenoxy) is 2. The number of hydrogen-bond acceptors (Lipinski definition) is 4. The van der Waals surface area contributed by atoms with E-state index in [1.54, 1.807) is 12.1 Å². The monoisotopic (exact) mass is 441 g/mol. The average molecular weight is 442 g/mol. The molecule has 0 heterocycles. The number of rotatable bonds is 8. The third-order valence-corrected chi connectivity index (χ3v) is 5.02. The van der Waals surface area contributed by atoms with Crippen molar-refractivity contribution in [3.8, 4) is 17.2 Å². The van der Waals surface area contributed by atoms with Gasteiger partial charge in [0.25, 0.3) is 0 Å². The zero-order valence-electron chi connectivity index (χ0n) is 16.0. The van der Waals surface area contributed by atoms with Gasteiger partial charge in [0.1, 0.15) is 12.4 Å². The first-order chi connectivity index (χ1) is 13.5. The summed E-state index contributed by atoms with van der Waals surface area (Å²) in [7, 11) is 0. The van der Waals surface area contributed by atoms with Gasteiger partial charge < -0.3 is 19.9 Å². The van der Waals surface area contributed by atoms with Crippen LogP contribution in [0.15, 0.2) is 65.1 Å². The Morgan fingerprint density at radius 1 is 0.929 bits per heavy atom. The molecule has 0 atom stereocenters. The topological polar surface area (TPSA) is 50.7 Å². The van der Waals surface area contributed by atoms with Gasteiger partial charge in [-0.2, -0.15) is 0 Å². The molecule has 2 N–H and O–H groups in total. The molecule has 0 saturated carbocycles. The molecule has 4 nitrogen and oxygen atoms in total. The van der Waals surface area contributed by atoms with Crippen LogP contribution in [0.2, 0.25) is 0 Å². The first-order valence-corrected chi connectivity index (χ1v) is 10.0. The first-order valence-electron chi connectivity index (χ1n) is 9.21. The van der Waals surface area contributed by atoms with Gasteiger partial charge in [0.2, 0.25) is 0 Å². The SMILES string of the molecule is CCOc1cc(CNc2ccc(O)cc2)c(Br)cc1OCc1ccc(C)cc1. The van der Waals surface area contributed by atoms with Gasteiger partial charge in [-0.1, -0.05) is 45.8 Å². The third kappa shape index (κ3) is 5.42. The summed E-state index contributed by atoms with van der Waals surface area (Å²) in [5.41, 5.74) is 4.33. The van der Waals surface area contributed by atoms with Crippen molar-refractivity contribution in [2.45, 2.75) is 27.0 Å². The minimum absolute atomic E-state index is 0.250. The van der Waals surface area contributed by atoms with E-state index in [1.165, 1.54) is 5.56 Å². The largest absolute Gasteiger partial charge is 0.508 e. The summed E-state index contributed by atoms with van der Waals surface area (Å²) in [5, 5.41) is 12.7. The Kier molecular flexibility index (Phi) is 6.82. The normalized spacial score (nSPS) is 10.5. The maximum Gasteiger partial charge on any atom is 0.162 e. The predicted octanol–water partition coefficient (Wildman–Crippen LogP) is 6.05. The molecule has 0 aromatic heterocycles. The fourth-order valence-electron chi connectivity index (χ4n) is 2.72. The number of hydrogen-bond donors (Lipinski definition) is 2. The van der Waals surface area contributed by atoms with Crippen LogP contribution < -0.4 is 14.8 Å². The summed E-state index contributed by atoms with van der Waals surface area (Å²) in [5.74, 6) is 1.68. The van der Waals surface area contributed by atoms with E-state index in [4.69, 9.17) is 9.47 Å². The molecule has 3 aromatic rings. The van der Waals surface area contributed by atoms with Crippen molar-refractivity contribution in [3.05, 3.63) is 81.8 Å². The van der Waals surface area contributed by atoms with E-state index in [0.717, 1.165) is 27.0 Å². The van der Waals surface area contributed by atoms with E-state index in [1.807, 2.05) is 31.2 Å². The van der Waals surface area contributed by atoms with Crippen molar-refractivity contribution < 1.29 is 14.6 Å². The Hall–Kier alpha value is -2.66. The van der Waals surface area contributed by atoms with Crippen molar-refractivity contribution in [3.63, 3.8) is 0 Å². The molecule has 146 valence electrons. The molecule has 0 spiro atoms. The molecular formula is C23H24BrNO3. The average Bonchev–Trinajstić information content (AvgIpc) is 2.69. The quantitative estimate of drug-likeness (QED) is 0.417. The molecule has 0 radical (unpaired) electrons. The molecule has 0 bridgehead atoms. The standard InChI is InChI=1S/C23H24BrNO3/c1-3-27-22-12-18(14-25-19-8-10-20(26)11-9-19)21(24)13-23(22)28-15-17-6-4-16(2)5-7-17/h4-13,25-26H,3,14-15H2,1-2H3. The summed E-state index contributed by atoms with van der Waals surface area (Å²) in [6.07, 6.45) is 0. The minimum atomic E-state index is 0.250. The third-order valence-electron chi connectivity index (χ3n) is 4.28. The summed E-state index contributed by atoms with van der Waals surface area (Å²) in [6.45, 7) is 5.69. The van der Waals surface area contributed by atoms with Gasteiger partial charge in [0.15, 0.2) is 11.5 Å². The van der Waals surface area contributed by atoms with Gasteiger partial charge in [-0.3, -0.25) is 0 Å². The minimum Gasteiger partial charge on any atom is -0.508 e. The van der Waals surface area contributed by atoms with Crippen molar-refractivity contribution in [2.24, 2.45) is 0 Å².